The van der Waals surface area contributed by atoms with Crippen molar-refractivity contribution in [2.24, 2.45) is 0 Å². The molecule has 0 amide bonds. The highest BCUT2D eigenvalue weighted by atomic mass is 14.5. The van der Waals surface area contributed by atoms with E-state index in [0.29, 0.717) is 5.56 Å². The molecule has 0 saturated heterocycles. The SMILES string of the molecule is N#Cc1cccc(-c2ccc3c(c2)C2(c4ccccc4-c4ccccc4-c4ccccc4-3)c3ccccc3-c3ccccc32)c1. The first kappa shape index (κ1) is 25.5. The molecule has 1 spiro atoms. The van der Waals surface area contributed by atoms with Crippen molar-refractivity contribution in [3.63, 3.8) is 0 Å². The summed E-state index contributed by atoms with van der Waals surface area (Å²) in [6, 6.07) is 61.8. The molecule has 0 saturated carbocycles. The Morgan fingerprint density at radius 3 is 1.24 bits per heavy atom. The summed E-state index contributed by atoms with van der Waals surface area (Å²) in [5.41, 5.74) is 17.2. The lowest BCUT2D eigenvalue weighted by Gasteiger charge is -2.37. The molecule has 208 valence electrons. The molecule has 0 aliphatic heterocycles. The van der Waals surface area contributed by atoms with Crippen LogP contribution in [0.2, 0.25) is 0 Å². The highest BCUT2D eigenvalue weighted by molar-refractivity contribution is 5.99. The second-order valence-electron chi connectivity index (χ2n) is 11.9. The molecule has 7 aromatic carbocycles. The Kier molecular flexibility index (Phi) is 5.55. The zero-order valence-electron chi connectivity index (χ0n) is 24.5. The topological polar surface area (TPSA) is 23.8 Å². The summed E-state index contributed by atoms with van der Waals surface area (Å²) in [6.45, 7) is 0. The zero-order valence-corrected chi connectivity index (χ0v) is 24.5. The van der Waals surface area contributed by atoms with Crippen LogP contribution in [0.5, 0.6) is 0 Å². The fourth-order valence-electron chi connectivity index (χ4n) is 7.95. The monoisotopic (exact) mass is 569 g/mol. The Hall–Kier alpha value is -5.97. The van der Waals surface area contributed by atoms with Gasteiger partial charge in [0.25, 0.3) is 0 Å². The molecule has 0 bridgehead atoms. The van der Waals surface area contributed by atoms with Gasteiger partial charge >= 0.3 is 0 Å². The van der Waals surface area contributed by atoms with Crippen LogP contribution in [-0.2, 0) is 5.41 Å². The summed E-state index contributed by atoms with van der Waals surface area (Å²) >= 11 is 0. The summed E-state index contributed by atoms with van der Waals surface area (Å²) in [5.74, 6) is 0. The molecule has 0 atom stereocenters. The maximum Gasteiger partial charge on any atom is 0.0991 e. The normalized spacial score (nSPS) is 13.0. The minimum atomic E-state index is -0.591. The second-order valence-corrected chi connectivity index (χ2v) is 11.9. The summed E-state index contributed by atoms with van der Waals surface area (Å²) in [6.07, 6.45) is 0. The fraction of sp³-hybridized carbons (Fsp3) is 0.0227. The lowest BCUT2D eigenvalue weighted by molar-refractivity contribution is 0.773. The number of hydrogen-bond acceptors (Lipinski definition) is 1. The van der Waals surface area contributed by atoms with Crippen LogP contribution in [-0.4, -0.2) is 0 Å². The van der Waals surface area contributed by atoms with Crippen LogP contribution >= 0.6 is 0 Å². The van der Waals surface area contributed by atoms with Gasteiger partial charge in [0.05, 0.1) is 17.0 Å². The number of hydrogen-bond donors (Lipinski definition) is 0. The quantitative estimate of drug-likeness (QED) is 0.193. The van der Waals surface area contributed by atoms with E-state index in [1.54, 1.807) is 0 Å². The Balaban J connectivity index is 1.53. The van der Waals surface area contributed by atoms with Crippen molar-refractivity contribution < 1.29 is 0 Å². The van der Waals surface area contributed by atoms with Gasteiger partial charge in [-0.3, -0.25) is 0 Å². The van der Waals surface area contributed by atoms with E-state index in [4.69, 9.17) is 0 Å². The summed E-state index contributed by atoms with van der Waals surface area (Å²) in [7, 11) is 0. The molecule has 9 rings (SSSR count). The Bertz CT molecular complexity index is 2310. The smallest absolute Gasteiger partial charge is 0.0991 e. The first-order chi connectivity index (χ1) is 22.3. The predicted molar refractivity (Wildman–Crippen MR) is 184 cm³/mol. The minimum absolute atomic E-state index is 0.591. The van der Waals surface area contributed by atoms with E-state index in [-0.39, 0.29) is 0 Å². The first-order valence-electron chi connectivity index (χ1n) is 15.4. The third-order valence-corrected chi connectivity index (χ3v) is 9.76. The molecule has 1 nitrogen and oxygen atoms in total. The Labute approximate surface area is 263 Å². The molecule has 0 radical (unpaired) electrons. The molecule has 0 heterocycles. The number of fused-ring (bicyclic) bond motifs is 14. The molecule has 2 aliphatic rings. The molecule has 0 unspecified atom stereocenters. The lowest BCUT2D eigenvalue weighted by atomic mass is 9.64. The number of rotatable bonds is 1. The van der Waals surface area contributed by atoms with Gasteiger partial charge in [0.1, 0.15) is 0 Å². The third kappa shape index (κ3) is 3.54. The van der Waals surface area contributed by atoms with Gasteiger partial charge in [-0.15, -0.1) is 0 Å². The molecule has 1 heteroatoms. The van der Waals surface area contributed by atoms with E-state index in [2.05, 4.69) is 152 Å². The van der Waals surface area contributed by atoms with Crippen LogP contribution in [0.1, 0.15) is 27.8 Å². The largest absolute Gasteiger partial charge is 0.192 e. The maximum absolute atomic E-state index is 9.74. The van der Waals surface area contributed by atoms with Gasteiger partial charge in [-0.05, 0) is 96.1 Å². The van der Waals surface area contributed by atoms with Crippen LogP contribution in [0, 0.1) is 11.3 Å². The number of nitriles is 1. The average molecular weight is 570 g/mol. The summed E-state index contributed by atoms with van der Waals surface area (Å²) in [4.78, 5) is 0. The van der Waals surface area contributed by atoms with E-state index in [1.807, 2.05) is 18.2 Å². The number of benzene rings is 7. The van der Waals surface area contributed by atoms with Gasteiger partial charge in [0.15, 0.2) is 0 Å². The highest BCUT2D eigenvalue weighted by Gasteiger charge is 2.49. The van der Waals surface area contributed by atoms with Crippen LogP contribution in [0.4, 0.5) is 0 Å². The Morgan fingerprint density at radius 2 is 0.733 bits per heavy atom. The number of nitrogens with zero attached hydrogens (tertiary/aromatic N) is 1. The molecular formula is C44H27N. The zero-order chi connectivity index (χ0) is 30.0. The van der Waals surface area contributed by atoms with Crippen molar-refractivity contribution in [2.75, 3.05) is 0 Å². The fourth-order valence-corrected chi connectivity index (χ4v) is 7.95. The molecular weight excluding hydrogens is 542 g/mol. The van der Waals surface area contributed by atoms with Crippen molar-refractivity contribution in [1.29, 1.82) is 5.26 Å². The van der Waals surface area contributed by atoms with Crippen molar-refractivity contribution >= 4 is 0 Å². The van der Waals surface area contributed by atoms with Gasteiger partial charge in [0, 0.05) is 0 Å². The van der Waals surface area contributed by atoms with E-state index in [9.17, 15) is 5.26 Å². The maximum atomic E-state index is 9.74. The second kappa shape index (κ2) is 9.78. The summed E-state index contributed by atoms with van der Waals surface area (Å²) in [5, 5.41) is 9.74. The van der Waals surface area contributed by atoms with Gasteiger partial charge in [0.2, 0.25) is 0 Å². The highest BCUT2D eigenvalue weighted by Crippen LogP contribution is 2.61. The van der Waals surface area contributed by atoms with Gasteiger partial charge < -0.3 is 0 Å². The lowest BCUT2D eigenvalue weighted by Crippen LogP contribution is -2.30. The van der Waals surface area contributed by atoms with Crippen molar-refractivity contribution in [2.45, 2.75) is 5.41 Å². The van der Waals surface area contributed by atoms with Crippen LogP contribution in [0.25, 0.3) is 55.6 Å². The van der Waals surface area contributed by atoms with Crippen LogP contribution in [0.15, 0.2) is 164 Å². The predicted octanol–water partition coefficient (Wildman–Crippen LogP) is 10.9. The van der Waals surface area contributed by atoms with E-state index in [0.717, 1.165) is 11.1 Å². The van der Waals surface area contributed by atoms with Crippen LogP contribution < -0.4 is 0 Å². The standard InChI is InChI=1S/C44H27N/c45-28-29-12-11-13-30(26-29)31-24-25-39-35-17-4-2-15-33(35)32-14-1-3-16-34(32)36-18-5-8-21-40(36)44(43(39)27-31)41-22-9-6-19-37(41)38-20-7-10-23-42(38)44/h1-27H. The van der Waals surface area contributed by atoms with E-state index in [1.165, 1.54) is 66.8 Å². The minimum Gasteiger partial charge on any atom is -0.192 e. The average Bonchev–Trinajstić information content (AvgIpc) is 3.43. The van der Waals surface area contributed by atoms with Gasteiger partial charge in [-0.25, -0.2) is 0 Å². The first-order valence-corrected chi connectivity index (χ1v) is 15.4. The van der Waals surface area contributed by atoms with Crippen molar-refractivity contribution in [3.05, 3.63) is 192 Å². The molecule has 2 aliphatic carbocycles. The van der Waals surface area contributed by atoms with E-state index < -0.39 is 5.41 Å². The van der Waals surface area contributed by atoms with Crippen molar-refractivity contribution in [1.82, 2.24) is 0 Å². The van der Waals surface area contributed by atoms with Gasteiger partial charge in [-0.1, -0.05) is 146 Å². The van der Waals surface area contributed by atoms with Gasteiger partial charge in [-0.2, -0.15) is 5.26 Å². The molecule has 7 aromatic rings. The Morgan fingerprint density at radius 1 is 0.333 bits per heavy atom. The van der Waals surface area contributed by atoms with Crippen LogP contribution in [0.3, 0.4) is 0 Å². The molecule has 0 fully saturated rings. The summed E-state index contributed by atoms with van der Waals surface area (Å²) < 4.78 is 0. The third-order valence-electron chi connectivity index (χ3n) is 9.76. The van der Waals surface area contributed by atoms with E-state index >= 15 is 0 Å². The molecule has 0 N–H and O–H groups in total. The molecule has 45 heavy (non-hydrogen) atoms. The van der Waals surface area contributed by atoms with Crippen molar-refractivity contribution in [3.8, 4) is 61.7 Å². The molecule has 0 aromatic heterocycles.